The van der Waals surface area contributed by atoms with Gasteiger partial charge < -0.3 is 22.1 Å². The summed E-state index contributed by atoms with van der Waals surface area (Å²) < 4.78 is 0. The van der Waals surface area contributed by atoms with E-state index in [4.69, 9.17) is 11.5 Å². The monoisotopic (exact) mass is 222 g/mol. The predicted octanol–water partition coefficient (Wildman–Crippen LogP) is -0.519. The Kier molecular flexibility index (Phi) is 4.43. The van der Waals surface area contributed by atoms with Crippen LogP contribution in [-0.2, 0) is 9.59 Å². The molecule has 86 valence electrons. The topological polar surface area (TPSA) is 110 Å². The molecule has 0 atom stereocenters. The van der Waals surface area contributed by atoms with Crippen LogP contribution in [0.15, 0.2) is 24.3 Å². The number of anilines is 2. The van der Waals surface area contributed by atoms with E-state index < -0.39 is 0 Å². The molecule has 0 saturated heterocycles. The van der Waals surface area contributed by atoms with E-state index in [1.165, 1.54) is 0 Å². The van der Waals surface area contributed by atoms with Crippen LogP contribution in [-0.4, -0.2) is 24.9 Å². The highest BCUT2D eigenvalue weighted by Crippen LogP contribution is 2.14. The molecule has 6 N–H and O–H groups in total. The average Bonchev–Trinajstić information content (AvgIpc) is 2.29. The highest BCUT2D eigenvalue weighted by molar-refractivity contribution is 5.95. The van der Waals surface area contributed by atoms with Crippen molar-refractivity contribution in [3.05, 3.63) is 24.3 Å². The van der Waals surface area contributed by atoms with Crippen LogP contribution in [0, 0.1) is 0 Å². The lowest BCUT2D eigenvalue weighted by atomic mass is 10.2. The second-order valence-electron chi connectivity index (χ2n) is 3.09. The van der Waals surface area contributed by atoms with Gasteiger partial charge in [0.2, 0.25) is 11.8 Å². The predicted molar refractivity (Wildman–Crippen MR) is 61.8 cm³/mol. The van der Waals surface area contributed by atoms with Gasteiger partial charge in [0.1, 0.15) is 0 Å². The second-order valence-corrected chi connectivity index (χ2v) is 3.09. The molecule has 0 aliphatic heterocycles. The minimum Gasteiger partial charge on any atom is -0.325 e. The van der Waals surface area contributed by atoms with E-state index in [2.05, 4.69) is 10.6 Å². The maximum absolute atomic E-state index is 11.0. The number of benzene rings is 1. The first-order valence-electron chi connectivity index (χ1n) is 4.75. The average molecular weight is 222 g/mol. The number of nitrogens with two attached hydrogens (primary N) is 2. The van der Waals surface area contributed by atoms with E-state index in [0.29, 0.717) is 11.4 Å². The molecule has 0 aromatic heterocycles. The number of carbonyl (C=O) groups is 2. The maximum Gasteiger partial charge on any atom is 0.238 e. The van der Waals surface area contributed by atoms with Crippen LogP contribution in [0.1, 0.15) is 0 Å². The quantitative estimate of drug-likeness (QED) is 0.549. The first kappa shape index (κ1) is 12.2. The summed E-state index contributed by atoms with van der Waals surface area (Å²) in [6.45, 7) is -0.168. The summed E-state index contributed by atoms with van der Waals surface area (Å²) in [7, 11) is 0. The Morgan fingerprint density at radius 2 is 1.44 bits per heavy atom. The molecule has 0 radical (unpaired) electrons. The normalized spacial score (nSPS) is 9.62. The number of nitrogens with one attached hydrogen (secondary N) is 2. The summed E-state index contributed by atoms with van der Waals surface area (Å²) in [6, 6.07) is 6.73. The van der Waals surface area contributed by atoms with Gasteiger partial charge in [0.15, 0.2) is 0 Å². The van der Waals surface area contributed by atoms with Crippen LogP contribution in [0.25, 0.3) is 0 Å². The number of rotatable bonds is 4. The molecule has 1 aromatic rings. The standard InChI is InChI=1S/C10H14N4O2/c11-5-9(15)13-7-2-1-3-8(4-7)14-10(16)6-12/h1-4H,5-6,11-12H2,(H,13,15)(H,14,16). The largest absolute Gasteiger partial charge is 0.325 e. The van der Waals surface area contributed by atoms with Gasteiger partial charge in [-0.2, -0.15) is 0 Å². The number of hydrogen-bond acceptors (Lipinski definition) is 4. The third-order valence-corrected chi connectivity index (χ3v) is 1.80. The van der Waals surface area contributed by atoms with Gasteiger partial charge in [0.25, 0.3) is 0 Å². The van der Waals surface area contributed by atoms with Gasteiger partial charge in [-0.3, -0.25) is 9.59 Å². The van der Waals surface area contributed by atoms with Crippen molar-refractivity contribution in [2.24, 2.45) is 11.5 Å². The Morgan fingerprint density at radius 3 is 1.81 bits per heavy atom. The van der Waals surface area contributed by atoms with Crippen molar-refractivity contribution in [3.8, 4) is 0 Å². The summed E-state index contributed by atoms with van der Waals surface area (Å²) >= 11 is 0. The fourth-order valence-corrected chi connectivity index (χ4v) is 1.10. The fourth-order valence-electron chi connectivity index (χ4n) is 1.10. The van der Waals surface area contributed by atoms with Gasteiger partial charge in [-0.1, -0.05) is 6.07 Å². The molecule has 0 heterocycles. The Hall–Kier alpha value is -1.92. The van der Waals surface area contributed by atoms with E-state index in [-0.39, 0.29) is 24.9 Å². The highest BCUT2D eigenvalue weighted by atomic mass is 16.2. The molecule has 1 rings (SSSR count). The van der Waals surface area contributed by atoms with Crippen molar-refractivity contribution < 1.29 is 9.59 Å². The minimum absolute atomic E-state index is 0.0839. The van der Waals surface area contributed by atoms with Crippen LogP contribution in [0.5, 0.6) is 0 Å². The van der Waals surface area contributed by atoms with Crippen LogP contribution >= 0.6 is 0 Å². The molecule has 16 heavy (non-hydrogen) atoms. The van der Waals surface area contributed by atoms with Crippen molar-refractivity contribution in [1.29, 1.82) is 0 Å². The first-order chi connectivity index (χ1) is 7.65. The molecule has 0 aliphatic rings. The molecule has 6 nitrogen and oxygen atoms in total. The lowest BCUT2D eigenvalue weighted by Gasteiger charge is -2.07. The summed E-state index contributed by atoms with van der Waals surface area (Å²) in [5, 5.41) is 5.15. The summed E-state index contributed by atoms with van der Waals surface area (Å²) in [4.78, 5) is 22.1. The van der Waals surface area contributed by atoms with Gasteiger partial charge in [0, 0.05) is 11.4 Å². The lowest BCUT2D eigenvalue weighted by molar-refractivity contribution is -0.115. The molecule has 1 aromatic carbocycles. The Labute approximate surface area is 93.0 Å². The van der Waals surface area contributed by atoms with Crippen LogP contribution in [0.3, 0.4) is 0 Å². The smallest absolute Gasteiger partial charge is 0.238 e. The lowest BCUT2D eigenvalue weighted by Crippen LogP contribution is -2.23. The Morgan fingerprint density at radius 1 is 1.00 bits per heavy atom. The van der Waals surface area contributed by atoms with Gasteiger partial charge in [-0.15, -0.1) is 0 Å². The zero-order valence-electron chi connectivity index (χ0n) is 8.69. The van der Waals surface area contributed by atoms with E-state index in [1.54, 1.807) is 24.3 Å². The fraction of sp³-hybridized carbons (Fsp3) is 0.200. The molecule has 0 saturated carbocycles. The first-order valence-corrected chi connectivity index (χ1v) is 4.75. The zero-order valence-corrected chi connectivity index (χ0v) is 8.69. The van der Waals surface area contributed by atoms with Crippen molar-refractivity contribution in [1.82, 2.24) is 0 Å². The number of hydrogen-bond donors (Lipinski definition) is 4. The van der Waals surface area contributed by atoms with Crippen molar-refractivity contribution in [2.45, 2.75) is 0 Å². The van der Waals surface area contributed by atoms with Crippen LogP contribution < -0.4 is 22.1 Å². The van der Waals surface area contributed by atoms with Gasteiger partial charge in [0.05, 0.1) is 13.1 Å². The van der Waals surface area contributed by atoms with Crippen molar-refractivity contribution in [3.63, 3.8) is 0 Å². The summed E-state index contributed by atoms with van der Waals surface area (Å²) in [6.07, 6.45) is 0. The summed E-state index contributed by atoms with van der Waals surface area (Å²) in [5.74, 6) is -0.579. The SMILES string of the molecule is NCC(=O)Nc1cccc(NC(=O)CN)c1. The van der Waals surface area contributed by atoms with Gasteiger partial charge >= 0.3 is 0 Å². The molecule has 0 spiro atoms. The molecule has 0 bridgehead atoms. The molecule has 0 fully saturated rings. The van der Waals surface area contributed by atoms with Crippen LogP contribution in [0.4, 0.5) is 11.4 Å². The maximum atomic E-state index is 11.0. The molecule has 2 amide bonds. The zero-order chi connectivity index (χ0) is 12.0. The van der Waals surface area contributed by atoms with Gasteiger partial charge in [-0.05, 0) is 18.2 Å². The van der Waals surface area contributed by atoms with Crippen LogP contribution in [0.2, 0.25) is 0 Å². The molecular weight excluding hydrogens is 208 g/mol. The molecule has 6 heteroatoms. The Balaban J connectivity index is 2.71. The van der Waals surface area contributed by atoms with Gasteiger partial charge in [-0.25, -0.2) is 0 Å². The minimum atomic E-state index is -0.290. The molecular formula is C10H14N4O2. The van der Waals surface area contributed by atoms with Crippen molar-refractivity contribution in [2.75, 3.05) is 23.7 Å². The Bertz CT molecular complexity index is 359. The van der Waals surface area contributed by atoms with Crippen molar-refractivity contribution >= 4 is 23.2 Å². The van der Waals surface area contributed by atoms with E-state index in [1.807, 2.05) is 0 Å². The number of amides is 2. The highest BCUT2D eigenvalue weighted by Gasteiger charge is 2.02. The van der Waals surface area contributed by atoms with E-state index in [9.17, 15) is 9.59 Å². The van der Waals surface area contributed by atoms with E-state index in [0.717, 1.165) is 0 Å². The molecule has 0 aliphatic carbocycles. The second kappa shape index (κ2) is 5.84. The molecule has 0 unspecified atom stereocenters. The number of carbonyl (C=O) groups excluding carboxylic acids is 2. The summed E-state index contributed by atoms with van der Waals surface area (Å²) in [5.41, 5.74) is 11.5. The third-order valence-electron chi connectivity index (χ3n) is 1.80. The third kappa shape index (κ3) is 3.68. The van der Waals surface area contributed by atoms with E-state index >= 15 is 0 Å².